The van der Waals surface area contributed by atoms with E-state index in [4.69, 9.17) is 0 Å². The molecule has 3 N–H and O–H groups in total. The highest BCUT2D eigenvalue weighted by Gasteiger charge is 2.17. The van der Waals surface area contributed by atoms with Crippen molar-refractivity contribution in [3.8, 4) is 0 Å². The Kier molecular flexibility index (Phi) is 4.30. The lowest BCUT2D eigenvalue weighted by molar-refractivity contribution is 0.426. The minimum Gasteiger partial charge on any atom is -0.423 e. The van der Waals surface area contributed by atoms with Crippen LogP contribution in [-0.4, -0.2) is 22.2 Å². The molecule has 0 unspecified atom stereocenters. The number of anilines is 2. The molecule has 0 spiro atoms. The van der Waals surface area contributed by atoms with Crippen molar-refractivity contribution in [2.75, 3.05) is 5.32 Å². The Bertz CT molecular complexity index is 855. The van der Waals surface area contributed by atoms with E-state index >= 15 is 0 Å². The third kappa shape index (κ3) is 3.27. The second kappa shape index (κ2) is 6.26. The van der Waals surface area contributed by atoms with E-state index in [2.05, 4.69) is 43.2 Å². The van der Waals surface area contributed by atoms with Gasteiger partial charge in [0.15, 0.2) is 0 Å². The van der Waals surface area contributed by atoms with Gasteiger partial charge in [-0.15, -0.1) is 0 Å². The molecule has 24 heavy (non-hydrogen) atoms. The number of benzene rings is 2. The molecule has 4 nitrogen and oxygen atoms in total. The Labute approximate surface area is 142 Å². The van der Waals surface area contributed by atoms with E-state index in [0.29, 0.717) is 11.3 Å². The van der Waals surface area contributed by atoms with E-state index in [9.17, 15) is 10.0 Å². The van der Waals surface area contributed by atoms with E-state index < -0.39 is 7.12 Å². The van der Waals surface area contributed by atoms with Gasteiger partial charge in [-0.05, 0) is 28.5 Å². The molecule has 0 aliphatic rings. The lowest BCUT2D eigenvalue weighted by Gasteiger charge is -2.19. The Balaban J connectivity index is 1.98. The van der Waals surface area contributed by atoms with E-state index in [1.807, 2.05) is 36.4 Å². The number of aromatic nitrogens is 1. The van der Waals surface area contributed by atoms with Gasteiger partial charge in [0.2, 0.25) is 0 Å². The lowest BCUT2D eigenvalue weighted by atomic mass is 9.78. The zero-order valence-corrected chi connectivity index (χ0v) is 14.1. The Hall–Kier alpha value is -2.37. The smallest absolute Gasteiger partial charge is 0.423 e. The molecule has 0 aliphatic heterocycles. The third-order valence-electron chi connectivity index (χ3n) is 4.12. The summed E-state index contributed by atoms with van der Waals surface area (Å²) in [5.41, 5.74) is 2.73. The zero-order chi connectivity index (χ0) is 17.3. The van der Waals surface area contributed by atoms with Crippen LogP contribution in [0.1, 0.15) is 26.3 Å². The van der Waals surface area contributed by atoms with Crippen molar-refractivity contribution in [2.24, 2.45) is 0 Å². The van der Waals surface area contributed by atoms with Crippen LogP contribution in [0.4, 0.5) is 11.5 Å². The highest BCUT2D eigenvalue weighted by atomic mass is 16.4. The van der Waals surface area contributed by atoms with E-state index in [-0.39, 0.29) is 5.41 Å². The highest BCUT2D eigenvalue weighted by Crippen LogP contribution is 2.26. The summed E-state index contributed by atoms with van der Waals surface area (Å²) in [4.78, 5) is 4.36. The van der Waals surface area contributed by atoms with Crippen LogP contribution >= 0.6 is 0 Å². The number of rotatable bonds is 3. The van der Waals surface area contributed by atoms with Gasteiger partial charge in [-0.3, -0.25) is 0 Å². The van der Waals surface area contributed by atoms with E-state index in [1.165, 1.54) is 11.8 Å². The van der Waals surface area contributed by atoms with Crippen LogP contribution in [0.25, 0.3) is 10.8 Å². The largest absolute Gasteiger partial charge is 0.490 e. The topological polar surface area (TPSA) is 65.4 Å². The summed E-state index contributed by atoms with van der Waals surface area (Å²) in [5.74, 6) is 0.693. The molecule has 5 heteroatoms. The molecular formula is C19H21BN2O2. The summed E-state index contributed by atoms with van der Waals surface area (Å²) in [6.45, 7) is 6.55. The second-order valence-electron chi connectivity index (χ2n) is 6.93. The molecule has 0 radical (unpaired) electrons. The monoisotopic (exact) mass is 320 g/mol. The average Bonchev–Trinajstić information content (AvgIpc) is 2.54. The van der Waals surface area contributed by atoms with Gasteiger partial charge in [-0.25, -0.2) is 4.98 Å². The number of nitrogens with zero attached hydrogens (tertiary/aromatic N) is 1. The molecule has 0 bridgehead atoms. The van der Waals surface area contributed by atoms with Crippen molar-refractivity contribution in [3.63, 3.8) is 0 Å². The normalized spacial score (nSPS) is 11.5. The molecule has 0 saturated carbocycles. The molecular weight excluding hydrogens is 299 g/mol. The van der Waals surface area contributed by atoms with E-state index in [0.717, 1.165) is 16.5 Å². The molecule has 0 atom stereocenters. The molecule has 2 aromatic carbocycles. The second-order valence-corrected chi connectivity index (χ2v) is 6.93. The van der Waals surface area contributed by atoms with Crippen molar-refractivity contribution < 1.29 is 10.0 Å². The minimum atomic E-state index is -1.54. The summed E-state index contributed by atoms with van der Waals surface area (Å²) >= 11 is 0. The van der Waals surface area contributed by atoms with Crippen LogP contribution < -0.4 is 10.8 Å². The van der Waals surface area contributed by atoms with Crippen molar-refractivity contribution >= 4 is 34.9 Å². The van der Waals surface area contributed by atoms with Crippen molar-refractivity contribution in [2.45, 2.75) is 26.2 Å². The maximum absolute atomic E-state index is 9.50. The first kappa shape index (κ1) is 16.5. The summed E-state index contributed by atoms with van der Waals surface area (Å²) in [6, 6.07) is 15.8. The van der Waals surface area contributed by atoms with Crippen molar-refractivity contribution in [1.82, 2.24) is 4.98 Å². The summed E-state index contributed by atoms with van der Waals surface area (Å²) in [7, 11) is -1.54. The first-order valence-electron chi connectivity index (χ1n) is 7.97. The van der Waals surface area contributed by atoms with E-state index in [1.54, 1.807) is 0 Å². The standard InChI is InChI=1S/C19H21BN2O2/c1-19(2,3)13-8-10-14(11-9-13)22-18-16-7-5-4-6-15(16)17(12-21-18)20(23)24/h4-12,23-24H,1-3H3,(H,21,22). The minimum absolute atomic E-state index is 0.113. The molecule has 0 amide bonds. The van der Waals surface area contributed by atoms with Crippen LogP contribution in [0.5, 0.6) is 0 Å². The summed E-state index contributed by atoms with van der Waals surface area (Å²) in [5, 5.41) is 24.0. The fourth-order valence-electron chi connectivity index (χ4n) is 2.71. The quantitative estimate of drug-likeness (QED) is 0.649. The van der Waals surface area contributed by atoms with Crippen LogP contribution in [0.15, 0.2) is 54.7 Å². The highest BCUT2D eigenvalue weighted by molar-refractivity contribution is 6.62. The summed E-state index contributed by atoms with van der Waals surface area (Å²) in [6.07, 6.45) is 1.50. The summed E-state index contributed by atoms with van der Waals surface area (Å²) < 4.78 is 0. The molecule has 1 aromatic heterocycles. The van der Waals surface area contributed by atoms with Crippen LogP contribution in [0.2, 0.25) is 0 Å². The molecule has 0 fully saturated rings. The predicted molar refractivity (Wildman–Crippen MR) is 100.0 cm³/mol. The number of pyridine rings is 1. The van der Waals surface area contributed by atoms with Gasteiger partial charge in [-0.1, -0.05) is 57.2 Å². The number of hydrogen-bond donors (Lipinski definition) is 3. The van der Waals surface area contributed by atoms with Gasteiger partial charge in [0.05, 0.1) is 0 Å². The zero-order valence-electron chi connectivity index (χ0n) is 14.1. The number of fused-ring (bicyclic) bond motifs is 1. The Morgan fingerprint density at radius 2 is 1.54 bits per heavy atom. The van der Waals surface area contributed by atoms with Crippen LogP contribution in [-0.2, 0) is 5.41 Å². The molecule has 3 rings (SSSR count). The molecule has 122 valence electrons. The Morgan fingerprint density at radius 3 is 2.12 bits per heavy atom. The molecule has 0 aliphatic carbocycles. The predicted octanol–water partition coefficient (Wildman–Crippen LogP) is 2.96. The molecule has 0 saturated heterocycles. The van der Waals surface area contributed by atoms with Gasteiger partial charge in [0.1, 0.15) is 5.82 Å². The fraction of sp³-hybridized carbons (Fsp3) is 0.211. The van der Waals surface area contributed by atoms with Gasteiger partial charge in [0.25, 0.3) is 0 Å². The molecule has 1 heterocycles. The number of hydrogen-bond acceptors (Lipinski definition) is 4. The maximum Gasteiger partial charge on any atom is 0.490 e. The average molecular weight is 320 g/mol. The number of nitrogens with one attached hydrogen (secondary N) is 1. The van der Waals surface area contributed by atoms with Crippen LogP contribution in [0, 0.1) is 0 Å². The fourth-order valence-corrected chi connectivity index (χ4v) is 2.71. The maximum atomic E-state index is 9.50. The van der Waals surface area contributed by atoms with Crippen LogP contribution in [0.3, 0.4) is 0 Å². The SMILES string of the molecule is CC(C)(C)c1ccc(Nc2ncc(B(O)O)c3ccccc23)cc1. The van der Waals surface area contributed by atoms with Gasteiger partial charge < -0.3 is 15.4 Å². The first-order valence-corrected chi connectivity index (χ1v) is 7.97. The van der Waals surface area contributed by atoms with Gasteiger partial charge in [0, 0.05) is 22.7 Å². The van der Waals surface area contributed by atoms with Gasteiger partial charge in [-0.2, -0.15) is 0 Å². The first-order chi connectivity index (χ1) is 11.4. The van der Waals surface area contributed by atoms with Crippen molar-refractivity contribution in [1.29, 1.82) is 0 Å². The molecule has 3 aromatic rings. The Morgan fingerprint density at radius 1 is 0.917 bits per heavy atom. The third-order valence-corrected chi connectivity index (χ3v) is 4.12. The van der Waals surface area contributed by atoms with Gasteiger partial charge >= 0.3 is 7.12 Å². The lowest BCUT2D eigenvalue weighted by Crippen LogP contribution is -2.31. The van der Waals surface area contributed by atoms with Crippen molar-refractivity contribution in [3.05, 3.63) is 60.3 Å².